The second-order valence-electron chi connectivity index (χ2n) is 9.90. The average Bonchev–Trinajstić information content (AvgIpc) is 3.72. The normalized spacial score (nSPS) is 11.2. The average molecular weight is 568 g/mol. The number of carbonyl (C=O) groups is 1. The van der Waals surface area contributed by atoms with Crippen molar-refractivity contribution in [2.75, 3.05) is 6.61 Å². The summed E-state index contributed by atoms with van der Waals surface area (Å²) in [6.45, 7) is 2.79. The van der Waals surface area contributed by atoms with E-state index < -0.39 is 5.97 Å². The second-order valence-corrected chi connectivity index (χ2v) is 9.90. The number of fused-ring (bicyclic) bond motifs is 2. The Morgan fingerprint density at radius 3 is 2.19 bits per heavy atom. The number of hydrogen-bond donors (Lipinski definition) is 0. The van der Waals surface area contributed by atoms with E-state index in [2.05, 4.69) is 27.4 Å². The highest BCUT2D eigenvalue weighted by molar-refractivity contribution is 6.08. The Morgan fingerprint density at radius 1 is 0.721 bits per heavy atom. The van der Waals surface area contributed by atoms with Crippen molar-refractivity contribution in [2.24, 2.45) is 0 Å². The molecule has 0 N–H and O–H groups in total. The first kappa shape index (κ1) is 26.1. The molecular formula is C34H25N5O4. The molecule has 0 aliphatic rings. The van der Waals surface area contributed by atoms with Gasteiger partial charge in [0.05, 0.1) is 12.2 Å². The van der Waals surface area contributed by atoms with E-state index in [1.54, 1.807) is 24.3 Å². The SMILES string of the molecule is CCCOc1ccc(-c2ccc(-c3nnc(-c4ccc(C(=O)On5nnc6ccccc65)c5ccccc45)o3)cc2)cc1. The van der Waals surface area contributed by atoms with E-state index >= 15 is 0 Å². The summed E-state index contributed by atoms with van der Waals surface area (Å²) in [5.41, 5.74) is 5.26. The third-order valence-corrected chi connectivity index (χ3v) is 7.08. The third kappa shape index (κ3) is 5.08. The van der Waals surface area contributed by atoms with Gasteiger partial charge in [-0.3, -0.25) is 0 Å². The number of rotatable bonds is 8. The topological polar surface area (TPSA) is 105 Å². The minimum atomic E-state index is -0.562. The molecule has 2 aromatic heterocycles. The lowest BCUT2D eigenvalue weighted by Crippen LogP contribution is -2.21. The van der Waals surface area contributed by atoms with Gasteiger partial charge in [-0.1, -0.05) is 72.4 Å². The first-order valence-electron chi connectivity index (χ1n) is 13.9. The second kappa shape index (κ2) is 11.2. The molecule has 2 heterocycles. The number of ether oxygens (including phenoxy) is 1. The molecule has 0 fully saturated rings. The highest BCUT2D eigenvalue weighted by Crippen LogP contribution is 2.33. The minimum absolute atomic E-state index is 0.347. The van der Waals surface area contributed by atoms with Gasteiger partial charge in [-0.15, -0.1) is 15.3 Å². The molecule has 210 valence electrons. The van der Waals surface area contributed by atoms with Gasteiger partial charge in [0, 0.05) is 11.1 Å². The molecule has 0 atom stereocenters. The largest absolute Gasteiger partial charge is 0.494 e. The number of hydrogen-bond acceptors (Lipinski definition) is 8. The van der Waals surface area contributed by atoms with Gasteiger partial charge in [-0.2, -0.15) is 0 Å². The Hall–Kier alpha value is -5.83. The Labute approximate surface area is 246 Å². The molecule has 0 radical (unpaired) electrons. The van der Waals surface area contributed by atoms with Gasteiger partial charge in [0.1, 0.15) is 16.8 Å². The lowest BCUT2D eigenvalue weighted by molar-refractivity contribution is 0.0411. The van der Waals surface area contributed by atoms with E-state index in [0.29, 0.717) is 45.9 Å². The molecule has 0 saturated carbocycles. The molecule has 0 amide bonds. The van der Waals surface area contributed by atoms with Crippen molar-refractivity contribution in [3.05, 3.63) is 115 Å². The van der Waals surface area contributed by atoms with Gasteiger partial charge in [-0.05, 0) is 82.1 Å². The number of para-hydroxylation sites is 1. The summed E-state index contributed by atoms with van der Waals surface area (Å²) in [5.74, 6) is 1.05. The number of benzene rings is 5. The van der Waals surface area contributed by atoms with Crippen LogP contribution in [-0.4, -0.2) is 37.9 Å². The Kier molecular flexibility index (Phi) is 6.80. The Bertz CT molecular complexity index is 2060. The first-order valence-corrected chi connectivity index (χ1v) is 13.9. The summed E-state index contributed by atoms with van der Waals surface area (Å²) in [6.07, 6.45) is 0.972. The van der Waals surface area contributed by atoms with E-state index in [1.807, 2.05) is 84.9 Å². The molecule has 43 heavy (non-hydrogen) atoms. The van der Waals surface area contributed by atoms with E-state index in [0.717, 1.165) is 39.1 Å². The van der Waals surface area contributed by atoms with Crippen LogP contribution in [0.1, 0.15) is 23.7 Å². The molecule has 7 rings (SSSR count). The number of aromatic nitrogens is 5. The van der Waals surface area contributed by atoms with Gasteiger partial charge in [0.15, 0.2) is 0 Å². The minimum Gasteiger partial charge on any atom is -0.494 e. The van der Waals surface area contributed by atoms with Crippen LogP contribution in [0.25, 0.3) is 55.8 Å². The molecule has 9 nitrogen and oxygen atoms in total. The van der Waals surface area contributed by atoms with Crippen LogP contribution in [0.3, 0.4) is 0 Å². The number of carbonyl (C=O) groups excluding carboxylic acids is 1. The van der Waals surface area contributed by atoms with Gasteiger partial charge >= 0.3 is 5.97 Å². The quantitative estimate of drug-likeness (QED) is 0.180. The van der Waals surface area contributed by atoms with Crippen molar-refractivity contribution in [1.82, 2.24) is 25.4 Å². The van der Waals surface area contributed by atoms with Crippen LogP contribution in [0.4, 0.5) is 0 Å². The molecule has 0 spiro atoms. The fraction of sp³-hybridized carbons (Fsp3) is 0.0882. The van der Waals surface area contributed by atoms with E-state index in [-0.39, 0.29) is 0 Å². The first-order chi connectivity index (χ1) is 21.2. The van der Waals surface area contributed by atoms with Crippen molar-refractivity contribution in [3.63, 3.8) is 0 Å². The van der Waals surface area contributed by atoms with Crippen LogP contribution in [0.5, 0.6) is 5.75 Å². The fourth-order valence-electron chi connectivity index (χ4n) is 4.92. The molecule has 0 aliphatic carbocycles. The van der Waals surface area contributed by atoms with Crippen LogP contribution < -0.4 is 9.57 Å². The molecule has 7 aromatic rings. The fourth-order valence-corrected chi connectivity index (χ4v) is 4.92. The third-order valence-electron chi connectivity index (χ3n) is 7.08. The smallest absolute Gasteiger partial charge is 0.366 e. The molecule has 0 saturated heterocycles. The van der Waals surface area contributed by atoms with Crippen LogP contribution in [0.2, 0.25) is 0 Å². The molecular weight excluding hydrogens is 542 g/mol. The summed E-state index contributed by atoms with van der Waals surface area (Å²) in [4.78, 5) is 19.9. The predicted molar refractivity (Wildman–Crippen MR) is 162 cm³/mol. The molecule has 9 heteroatoms. The van der Waals surface area contributed by atoms with Crippen molar-refractivity contribution >= 4 is 27.8 Å². The molecule has 0 aliphatic heterocycles. The van der Waals surface area contributed by atoms with Crippen molar-refractivity contribution in [3.8, 4) is 39.8 Å². The summed E-state index contributed by atoms with van der Waals surface area (Å²) >= 11 is 0. The molecule has 0 unspecified atom stereocenters. The molecule has 0 bridgehead atoms. The van der Waals surface area contributed by atoms with Crippen molar-refractivity contribution in [2.45, 2.75) is 13.3 Å². The Balaban J connectivity index is 1.14. The van der Waals surface area contributed by atoms with Crippen LogP contribution >= 0.6 is 0 Å². The van der Waals surface area contributed by atoms with Gasteiger partial charge in [0.25, 0.3) is 0 Å². The zero-order chi connectivity index (χ0) is 29.2. The lowest BCUT2D eigenvalue weighted by atomic mass is 9.99. The maximum atomic E-state index is 13.2. The standard InChI is InChI=1S/C34H25N5O4/c1-2-21-41-25-17-15-23(16-18-25)22-11-13-24(14-12-22)32-36-37-33(42-32)28-19-20-29(27-8-4-3-7-26(27)28)34(40)43-39-31-10-6-5-9-30(31)35-38-39/h3-20H,2,21H2,1H3. The van der Waals surface area contributed by atoms with Gasteiger partial charge in [-0.25, -0.2) is 4.79 Å². The lowest BCUT2D eigenvalue weighted by Gasteiger charge is -2.09. The summed E-state index contributed by atoms with van der Waals surface area (Å²) in [6, 6.07) is 34.3. The maximum Gasteiger partial charge on any atom is 0.366 e. The van der Waals surface area contributed by atoms with Crippen LogP contribution in [-0.2, 0) is 0 Å². The zero-order valence-electron chi connectivity index (χ0n) is 23.2. The zero-order valence-corrected chi connectivity index (χ0v) is 23.2. The summed E-state index contributed by atoms with van der Waals surface area (Å²) < 4.78 is 11.8. The van der Waals surface area contributed by atoms with E-state index in [9.17, 15) is 4.79 Å². The van der Waals surface area contributed by atoms with E-state index in [1.165, 1.54) is 0 Å². The van der Waals surface area contributed by atoms with Crippen LogP contribution in [0, 0.1) is 0 Å². The van der Waals surface area contributed by atoms with E-state index in [4.69, 9.17) is 14.0 Å². The van der Waals surface area contributed by atoms with Crippen molar-refractivity contribution in [1.29, 1.82) is 0 Å². The van der Waals surface area contributed by atoms with Gasteiger partial charge < -0.3 is 14.0 Å². The summed E-state index contributed by atoms with van der Waals surface area (Å²) in [5, 5.41) is 18.1. The van der Waals surface area contributed by atoms with Crippen LogP contribution in [0.15, 0.2) is 114 Å². The highest BCUT2D eigenvalue weighted by Gasteiger charge is 2.20. The Morgan fingerprint density at radius 2 is 1.40 bits per heavy atom. The monoisotopic (exact) mass is 567 g/mol. The van der Waals surface area contributed by atoms with Gasteiger partial charge in [0.2, 0.25) is 11.8 Å². The van der Waals surface area contributed by atoms with Crippen molar-refractivity contribution < 1.29 is 18.8 Å². The molecule has 5 aromatic carbocycles. The summed E-state index contributed by atoms with van der Waals surface area (Å²) in [7, 11) is 0. The predicted octanol–water partition coefficient (Wildman–Crippen LogP) is 7.03. The highest BCUT2D eigenvalue weighted by atomic mass is 16.7. The number of nitrogens with zero attached hydrogens (tertiary/aromatic N) is 5. The maximum absolute atomic E-state index is 13.2.